The second-order valence-electron chi connectivity index (χ2n) is 3.77. The fraction of sp³-hybridized carbons (Fsp3) is 0.909. The third-order valence-electron chi connectivity index (χ3n) is 2.14. The van der Waals surface area contributed by atoms with Crippen LogP contribution in [0.4, 0.5) is 0 Å². The van der Waals surface area contributed by atoms with Crippen LogP contribution in [0, 0.1) is 0 Å². The van der Waals surface area contributed by atoms with E-state index in [1.54, 1.807) is 0 Å². The Balaban J connectivity index is 3.14. The first kappa shape index (κ1) is 13.8. The molecule has 3 heteroatoms. The Hall–Kier alpha value is -0.150. The average Bonchev–Trinajstić information content (AvgIpc) is 2.10. The van der Waals surface area contributed by atoms with Crippen molar-refractivity contribution in [2.75, 3.05) is 6.61 Å². The van der Waals surface area contributed by atoms with Crippen molar-refractivity contribution in [1.29, 1.82) is 0 Å². The van der Waals surface area contributed by atoms with Crippen molar-refractivity contribution in [2.24, 2.45) is 5.73 Å². The molecule has 0 radical (unpaired) electrons. The van der Waals surface area contributed by atoms with Gasteiger partial charge in [0, 0.05) is 13.0 Å². The highest BCUT2D eigenvalue weighted by Crippen LogP contribution is 2.04. The lowest BCUT2D eigenvalue weighted by atomic mass is 10.2. The summed E-state index contributed by atoms with van der Waals surface area (Å²) in [4.78, 5) is 0.545. The SMILES string of the molecule is CCCCCCCOC(C)CC(N)=S. The molecule has 0 saturated heterocycles. The molecule has 0 amide bonds. The lowest BCUT2D eigenvalue weighted by Crippen LogP contribution is -2.18. The average molecular weight is 217 g/mol. The summed E-state index contributed by atoms with van der Waals surface area (Å²) in [7, 11) is 0. The molecule has 0 fully saturated rings. The van der Waals surface area contributed by atoms with Gasteiger partial charge in [-0.1, -0.05) is 44.8 Å². The van der Waals surface area contributed by atoms with Gasteiger partial charge in [-0.3, -0.25) is 0 Å². The summed E-state index contributed by atoms with van der Waals surface area (Å²) >= 11 is 4.81. The van der Waals surface area contributed by atoms with Crippen molar-refractivity contribution in [3.05, 3.63) is 0 Å². The molecule has 1 unspecified atom stereocenters. The van der Waals surface area contributed by atoms with Gasteiger partial charge in [0.15, 0.2) is 0 Å². The Morgan fingerprint density at radius 2 is 1.93 bits per heavy atom. The van der Waals surface area contributed by atoms with Crippen LogP contribution in [0.1, 0.15) is 52.4 Å². The molecule has 1 atom stereocenters. The maximum absolute atomic E-state index is 5.57. The monoisotopic (exact) mass is 217 g/mol. The predicted molar refractivity (Wildman–Crippen MR) is 65.6 cm³/mol. The maximum Gasteiger partial charge on any atom is 0.0753 e. The summed E-state index contributed by atoms with van der Waals surface area (Å²) in [6, 6.07) is 0. The van der Waals surface area contributed by atoms with Gasteiger partial charge in [-0.2, -0.15) is 0 Å². The Kier molecular flexibility index (Phi) is 9.31. The first-order chi connectivity index (χ1) is 6.66. The molecule has 84 valence electrons. The van der Waals surface area contributed by atoms with E-state index in [9.17, 15) is 0 Å². The number of hydrogen-bond acceptors (Lipinski definition) is 2. The minimum atomic E-state index is 0.179. The van der Waals surface area contributed by atoms with E-state index in [1.807, 2.05) is 6.92 Å². The molecule has 0 rings (SSSR count). The van der Waals surface area contributed by atoms with Gasteiger partial charge in [-0.25, -0.2) is 0 Å². The zero-order chi connectivity index (χ0) is 10.8. The van der Waals surface area contributed by atoms with Gasteiger partial charge >= 0.3 is 0 Å². The number of unbranched alkanes of at least 4 members (excludes halogenated alkanes) is 4. The predicted octanol–water partition coefficient (Wildman–Crippen LogP) is 3.04. The van der Waals surface area contributed by atoms with Crippen LogP contribution in [-0.4, -0.2) is 17.7 Å². The molecule has 0 aromatic carbocycles. The lowest BCUT2D eigenvalue weighted by molar-refractivity contribution is 0.0682. The van der Waals surface area contributed by atoms with Crippen LogP contribution in [0.2, 0.25) is 0 Å². The number of rotatable bonds is 9. The van der Waals surface area contributed by atoms with Crippen LogP contribution in [0.15, 0.2) is 0 Å². The van der Waals surface area contributed by atoms with E-state index >= 15 is 0 Å². The van der Waals surface area contributed by atoms with Gasteiger partial charge < -0.3 is 10.5 Å². The zero-order valence-corrected chi connectivity index (χ0v) is 10.2. The molecule has 0 aliphatic rings. The quantitative estimate of drug-likeness (QED) is 0.476. The fourth-order valence-corrected chi connectivity index (χ4v) is 1.57. The standard InChI is InChI=1S/C11H23NOS/c1-3-4-5-6-7-8-13-10(2)9-11(12)14/h10H,3-9H2,1-2H3,(H2,12,14). The minimum absolute atomic E-state index is 0.179. The molecule has 0 aliphatic heterocycles. The van der Waals surface area contributed by atoms with Crippen LogP contribution in [0.5, 0.6) is 0 Å². The summed E-state index contributed by atoms with van der Waals surface area (Å²) in [6.45, 7) is 5.08. The summed E-state index contributed by atoms with van der Waals surface area (Å²) in [6.07, 6.45) is 7.25. The van der Waals surface area contributed by atoms with E-state index in [1.165, 1.54) is 25.7 Å². The summed E-state index contributed by atoms with van der Waals surface area (Å²) in [5, 5.41) is 0. The van der Waals surface area contributed by atoms with Gasteiger partial charge in [-0.05, 0) is 13.3 Å². The van der Waals surface area contributed by atoms with Gasteiger partial charge in [0.25, 0.3) is 0 Å². The molecule has 0 aromatic rings. The summed E-state index contributed by atoms with van der Waals surface area (Å²) < 4.78 is 5.57. The van der Waals surface area contributed by atoms with Gasteiger partial charge in [0.1, 0.15) is 0 Å². The van der Waals surface area contributed by atoms with Crippen LogP contribution in [0.25, 0.3) is 0 Å². The Morgan fingerprint density at radius 3 is 2.50 bits per heavy atom. The first-order valence-corrected chi connectivity index (χ1v) is 5.97. The summed E-state index contributed by atoms with van der Waals surface area (Å²) in [5.74, 6) is 0. The van der Waals surface area contributed by atoms with Gasteiger partial charge in [0.05, 0.1) is 11.1 Å². The van der Waals surface area contributed by atoms with E-state index in [4.69, 9.17) is 22.7 Å². The van der Waals surface area contributed by atoms with Crippen molar-refractivity contribution in [3.63, 3.8) is 0 Å². The summed E-state index contributed by atoms with van der Waals surface area (Å²) in [5.41, 5.74) is 5.41. The van der Waals surface area contributed by atoms with Gasteiger partial charge in [0.2, 0.25) is 0 Å². The molecular weight excluding hydrogens is 194 g/mol. The van der Waals surface area contributed by atoms with Crippen molar-refractivity contribution in [3.8, 4) is 0 Å². The van der Waals surface area contributed by atoms with Gasteiger partial charge in [-0.15, -0.1) is 0 Å². The number of thiocarbonyl (C=S) groups is 1. The topological polar surface area (TPSA) is 35.2 Å². The molecular formula is C11H23NOS. The van der Waals surface area contributed by atoms with Crippen molar-refractivity contribution in [2.45, 2.75) is 58.5 Å². The largest absolute Gasteiger partial charge is 0.393 e. The van der Waals surface area contributed by atoms with E-state index in [2.05, 4.69) is 6.92 Å². The normalized spacial score (nSPS) is 12.7. The number of nitrogens with two attached hydrogens (primary N) is 1. The molecule has 14 heavy (non-hydrogen) atoms. The van der Waals surface area contributed by atoms with E-state index in [0.717, 1.165) is 13.0 Å². The van der Waals surface area contributed by atoms with Crippen molar-refractivity contribution < 1.29 is 4.74 Å². The minimum Gasteiger partial charge on any atom is -0.393 e. The van der Waals surface area contributed by atoms with E-state index in [-0.39, 0.29) is 6.10 Å². The molecule has 0 heterocycles. The number of ether oxygens (including phenoxy) is 1. The molecule has 0 saturated carbocycles. The highest BCUT2D eigenvalue weighted by Gasteiger charge is 2.02. The molecule has 0 spiro atoms. The molecule has 0 aromatic heterocycles. The third-order valence-corrected chi connectivity index (χ3v) is 2.31. The molecule has 0 bridgehead atoms. The molecule has 2 nitrogen and oxygen atoms in total. The second-order valence-corrected chi connectivity index (χ2v) is 4.29. The van der Waals surface area contributed by atoms with Crippen LogP contribution >= 0.6 is 12.2 Å². The lowest BCUT2D eigenvalue weighted by Gasteiger charge is -2.11. The maximum atomic E-state index is 5.57. The highest BCUT2D eigenvalue weighted by molar-refractivity contribution is 7.80. The Morgan fingerprint density at radius 1 is 1.29 bits per heavy atom. The highest BCUT2D eigenvalue weighted by atomic mass is 32.1. The van der Waals surface area contributed by atoms with Crippen molar-refractivity contribution in [1.82, 2.24) is 0 Å². The molecule has 0 aliphatic carbocycles. The first-order valence-electron chi connectivity index (χ1n) is 5.56. The number of hydrogen-bond donors (Lipinski definition) is 1. The fourth-order valence-electron chi connectivity index (χ4n) is 1.33. The zero-order valence-electron chi connectivity index (χ0n) is 9.42. The van der Waals surface area contributed by atoms with Crippen LogP contribution in [0.3, 0.4) is 0 Å². The van der Waals surface area contributed by atoms with Crippen LogP contribution < -0.4 is 5.73 Å². The van der Waals surface area contributed by atoms with E-state index in [0.29, 0.717) is 11.4 Å². The van der Waals surface area contributed by atoms with Crippen molar-refractivity contribution >= 4 is 17.2 Å². The smallest absolute Gasteiger partial charge is 0.0753 e. The molecule has 2 N–H and O–H groups in total. The second kappa shape index (κ2) is 9.41. The van der Waals surface area contributed by atoms with Crippen LogP contribution in [-0.2, 0) is 4.74 Å². The third kappa shape index (κ3) is 9.93. The Bertz CT molecular complexity index is 150. The Labute approximate surface area is 93.2 Å². The van der Waals surface area contributed by atoms with E-state index < -0.39 is 0 Å².